The first-order valence-corrected chi connectivity index (χ1v) is 9.37. The molecular weight excluding hydrogens is 304 g/mol. The van der Waals surface area contributed by atoms with Crippen molar-refractivity contribution in [3.63, 3.8) is 0 Å². The number of hydrogen-bond acceptors (Lipinski definition) is 4. The highest BCUT2D eigenvalue weighted by atomic mass is 16.2. The molecule has 0 aromatic carbocycles. The molecule has 6 nitrogen and oxygen atoms in total. The molecular formula is C18H28N4O2. The molecule has 0 spiro atoms. The standard InChI is InChI=1S/C18H28N4O2/c19-12-14-4-9-22(13-14)18(24)17(23)21-10-5-16(6-11-21)15-2-1-7-20-8-3-15/h14-16,20H,1-11,13H2. The zero-order valence-corrected chi connectivity index (χ0v) is 14.4. The first kappa shape index (κ1) is 17.2. The molecule has 0 bridgehead atoms. The zero-order valence-electron chi connectivity index (χ0n) is 14.4. The van der Waals surface area contributed by atoms with Crippen molar-refractivity contribution in [3.8, 4) is 6.07 Å². The van der Waals surface area contributed by atoms with Crippen LogP contribution >= 0.6 is 0 Å². The molecule has 0 radical (unpaired) electrons. The van der Waals surface area contributed by atoms with Crippen molar-refractivity contribution in [1.82, 2.24) is 15.1 Å². The molecule has 132 valence electrons. The Morgan fingerprint density at radius 1 is 0.875 bits per heavy atom. The summed E-state index contributed by atoms with van der Waals surface area (Å²) in [5, 5.41) is 12.4. The number of nitrogens with zero attached hydrogens (tertiary/aromatic N) is 3. The molecule has 0 saturated carbocycles. The predicted molar refractivity (Wildman–Crippen MR) is 89.8 cm³/mol. The summed E-state index contributed by atoms with van der Waals surface area (Å²) in [7, 11) is 0. The summed E-state index contributed by atoms with van der Waals surface area (Å²) in [6.07, 6.45) is 6.49. The van der Waals surface area contributed by atoms with Crippen LogP contribution in [0.3, 0.4) is 0 Å². The topological polar surface area (TPSA) is 76.4 Å². The summed E-state index contributed by atoms with van der Waals surface area (Å²) in [5.41, 5.74) is 0. The number of carbonyl (C=O) groups is 2. The zero-order chi connectivity index (χ0) is 16.9. The third-order valence-electron chi connectivity index (χ3n) is 5.95. The van der Waals surface area contributed by atoms with Gasteiger partial charge in [0.1, 0.15) is 0 Å². The second-order valence-electron chi connectivity index (χ2n) is 7.44. The predicted octanol–water partition coefficient (Wildman–Crippen LogP) is 0.987. The van der Waals surface area contributed by atoms with Crippen LogP contribution in [-0.4, -0.2) is 60.9 Å². The molecule has 3 saturated heterocycles. The first-order valence-electron chi connectivity index (χ1n) is 9.37. The van der Waals surface area contributed by atoms with Gasteiger partial charge in [-0.25, -0.2) is 0 Å². The van der Waals surface area contributed by atoms with Gasteiger partial charge in [-0.3, -0.25) is 9.59 Å². The van der Waals surface area contributed by atoms with E-state index in [1.807, 2.05) is 0 Å². The van der Waals surface area contributed by atoms with Crippen molar-refractivity contribution < 1.29 is 9.59 Å². The van der Waals surface area contributed by atoms with Crippen LogP contribution in [0, 0.1) is 29.1 Å². The molecule has 3 fully saturated rings. The summed E-state index contributed by atoms with van der Waals surface area (Å²) in [5.74, 6) is 0.567. The lowest BCUT2D eigenvalue weighted by Gasteiger charge is -2.36. The van der Waals surface area contributed by atoms with Crippen LogP contribution in [-0.2, 0) is 9.59 Å². The highest BCUT2D eigenvalue weighted by molar-refractivity contribution is 6.35. The maximum Gasteiger partial charge on any atom is 0.312 e. The first-order chi connectivity index (χ1) is 11.7. The van der Waals surface area contributed by atoms with Crippen molar-refractivity contribution in [1.29, 1.82) is 5.26 Å². The summed E-state index contributed by atoms with van der Waals surface area (Å²) in [6.45, 7) is 4.59. The summed E-state index contributed by atoms with van der Waals surface area (Å²) in [4.78, 5) is 28.1. The Kier molecular flexibility index (Phi) is 5.72. The molecule has 3 rings (SSSR count). The van der Waals surface area contributed by atoms with Crippen LogP contribution in [0.4, 0.5) is 0 Å². The molecule has 2 atom stereocenters. The Morgan fingerprint density at radius 2 is 1.54 bits per heavy atom. The number of nitriles is 1. The van der Waals surface area contributed by atoms with Crippen molar-refractivity contribution in [2.45, 2.75) is 38.5 Å². The molecule has 2 amide bonds. The fourth-order valence-corrected chi connectivity index (χ4v) is 4.41. The van der Waals surface area contributed by atoms with Crippen LogP contribution in [0.25, 0.3) is 0 Å². The van der Waals surface area contributed by atoms with Gasteiger partial charge in [0.15, 0.2) is 0 Å². The number of amides is 2. The summed E-state index contributed by atoms with van der Waals surface area (Å²) >= 11 is 0. The van der Waals surface area contributed by atoms with Crippen LogP contribution in [0.1, 0.15) is 38.5 Å². The highest BCUT2D eigenvalue weighted by Crippen LogP contribution is 2.31. The Labute approximate surface area is 144 Å². The molecule has 0 aromatic heterocycles. The second kappa shape index (κ2) is 7.98. The Bertz CT molecular complexity index is 500. The van der Waals surface area contributed by atoms with Gasteiger partial charge in [-0.15, -0.1) is 0 Å². The molecule has 3 aliphatic heterocycles. The fraction of sp³-hybridized carbons (Fsp3) is 0.833. The van der Waals surface area contributed by atoms with Crippen LogP contribution in [0.15, 0.2) is 0 Å². The van der Waals surface area contributed by atoms with Gasteiger partial charge < -0.3 is 15.1 Å². The number of likely N-dealkylation sites (tertiary alicyclic amines) is 2. The maximum absolute atomic E-state index is 12.5. The largest absolute Gasteiger partial charge is 0.334 e. The van der Waals surface area contributed by atoms with E-state index >= 15 is 0 Å². The van der Waals surface area contributed by atoms with Crippen molar-refractivity contribution in [2.75, 3.05) is 39.3 Å². The Hall–Kier alpha value is -1.61. The lowest BCUT2D eigenvalue weighted by atomic mass is 9.80. The number of nitrogens with one attached hydrogen (secondary N) is 1. The van der Waals surface area contributed by atoms with Gasteiger partial charge >= 0.3 is 11.8 Å². The van der Waals surface area contributed by atoms with Crippen molar-refractivity contribution in [2.24, 2.45) is 17.8 Å². The fourth-order valence-electron chi connectivity index (χ4n) is 4.41. The minimum Gasteiger partial charge on any atom is -0.334 e. The van der Waals surface area contributed by atoms with Crippen LogP contribution in [0.2, 0.25) is 0 Å². The molecule has 6 heteroatoms. The van der Waals surface area contributed by atoms with Crippen LogP contribution < -0.4 is 5.32 Å². The average Bonchev–Trinajstić information content (AvgIpc) is 2.95. The van der Waals surface area contributed by atoms with Gasteiger partial charge in [0.05, 0.1) is 12.0 Å². The van der Waals surface area contributed by atoms with Gasteiger partial charge in [-0.05, 0) is 63.5 Å². The molecule has 1 N–H and O–H groups in total. The third-order valence-corrected chi connectivity index (χ3v) is 5.95. The molecule has 0 aromatic rings. The van der Waals surface area contributed by atoms with Gasteiger partial charge in [0, 0.05) is 26.2 Å². The Morgan fingerprint density at radius 3 is 2.25 bits per heavy atom. The number of hydrogen-bond donors (Lipinski definition) is 1. The van der Waals surface area contributed by atoms with E-state index < -0.39 is 5.91 Å². The smallest absolute Gasteiger partial charge is 0.312 e. The summed E-state index contributed by atoms with van der Waals surface area (Å²) in [6, 6.07) is 2.19. The van der Waals surface area contributed by atoms with E-state index in [9.17, 15) is 9.59 Å². The van der Waals surface area contributed by atoms with Gasteiger partial charge in [0.25, 0.3) is 0 Å². The van der Waals surface area contributed by atoms with Crippen molar-refractivity contribution >= 4 is 11.8 Å². The van der Waals surface area contributed by atoms with E-state index in [-0.39, 0.29) is 11.8 Å². The SMILES string of the molecule is N#CC1CCN(C(=O)C(=O)N2CCC(C3CCCNCC3)CC2)C1. The second-order valence-corrected chi connectivity index (χ2v) is 7.44. The van der Waals surface area contributed by atoms with E-state index in [4.69, 9.17) is 5.26 Å². The highest BCUT2D eigenvalue weighted by Gasteiger charge is 2.35. The molecule has 3 aliphatic rings. The van der Waals surface area contributed by atoms with Gasteiger partial charge in [-0.2, -0.15) is 5.26 Å². The van der Waals surface area contributed by atoms with E-state index in [0.717, 1.165) is 31.8 Å². The normalized spacial score (nSPS) is 29.1. The van der Waals surface area contributed by atoms with E-state index in [2.05, 4.69) is 11.4 Å². The number of carbonyl (C=O) groups excluding carboxylic acids is 2. The molecule has 2 unspecified atom stereocenters. The van der Waals surface area contributed by atoms with E-state index in [0.29, 0.717) is 38.5 Å². The van der Waals surface area contributed by atoms with E-state index in [1.54, 1.807) is 9.80 Å². The number of piperidine rings is 1. The lowest BCUT2D eigenvalue weighted by Crippen LogP contribution is -2.48. The van der Waals surface area contributed by atoms with Crippen molar-refractivity contribution in [3.05, 3.63) is 0 Å². The van der Waals surface area contributed by atoms with Gasteiger partial charge in [-0.1, -0.05) is 0 Å². The quantitative estimate of drug-likeness (QED) is 0.727. The minimum absolute atomic E-state index is 0.115. The average molecular weight is 332 g/mol. The van der Waals surface area contributed by atoms with E-state index in [1.165, 1.54) is 19.3 Å². The molecule has 3 heterocycles. The maximum atomic E-state index is 12.5. The number of rotatable bonds is 1. The molecule has 24 heavy (non-hydrogen) atoms. The third kappa shape index (κ3) is 3.89. The summed E-state index contributed by atoms with van der Waals surface area (Å²) < 4.78 is 0. The van der Waals surface area contributed by atoms with Crippen LogP contribution in [0.5, 0.6) is 0 Å². The lowest BCUT2D eigenvalue weighted by molar-refractivity contribution is -0.152. The molecule has 0 aliphatic carbocycles. The van der Waals surface area contributed by atoms with Gasteiger partial charge in [0.2, 0.25) is 0 Å². The minimum atomic E-state index is -0.412. The Balaban J connectivity index is 1.48. The monoisotopic (exact) mass is 332 g/mol.